The van der Waals surface area contributed by atoms with E-state index in [9.17, 15) is 13.2 Å². The number of nitrogens with zero attached hydrogens (tertiary/aromatic N) is 1. The maximum absolute atomic E-state index is 13.1. The Morgan fingerprint density at radius 3 is 2.40 bits per heavy atom. The lowest BCUT2D eigenvalue weighted by Gasteiger charge is -2.23. The molecule has 0 saturated carbocycles. The van der Waals surface area contributed by atoms with Gasteiger partial charge < -0.3 is 9.64 Å². The number of sulfonamides is 1. The second kappa shape index (κ2) is 7.84. The number of carbonyl (C=O) groups is 1. The molecular formula is C23H22N2O4S. The topological polar surface area (TPSA) is 75.7 Å². The molecule has 0 saturated heterocycles. The minimum absolute atomic E-state index is 0.0468. The normalized spacial score (nSPS) is 15.5. The van der Waals surface area contributed by atoms with Crippen molar-refractivity contribution in [3.63, 3.8) is 0 Å². The Balaban J connectivity index is 1.58. The molecule has 0 bridgehead atoms. The molecule has 154 valence electrons. The molecule has 30 heavy (non-hydrogen) atoms. The maximum Gasteiger partial charge on any atom is 0.262 e. The molecule has 0 fully saturated rings. The third-order valence-corrected chi connectivity index (χ3v) is 6.57. The van der Waals surface area contributed by atoms with Gasteiger partial charge in [0.2, 0.25) is 0 Å². The van der Waals surface area contributed by atoms with Gasteiger partial charge in [0.25, 0.3) is 15.9 Å². The Labute approximate surface area is 176 Å². The Morgan fingerprint density at radius 1 is 1.00 bits per heavy atom. The molecule has 7 heteroatoms. The van der Waals surface area contributed by atoms with Crippen LogP contribution in [-0.4, -0.2) is 27.5 Å². The number of anilines is 2. The Morgan fingerprint density at radius 2 is 1.67 bits per heavy atom. The van der Waals surface area contributed by atoms with Crippen molar-refractivity contribution in [1.82, 2.24) is 0 Å². The van der Waals surface area contributed by atoms with Gasteiger partial charge in [-0.1, -0.05) is 30.3 Å². The number of hydrogen-bond acceptors (Lipinski definition) is 4. The van der Waals surface area contributed by atoms with Gasteiger partial charge in [-0.3, -0.25) is 9.52 Å². The summed E-state index contributed by atoms with van der Waals surface area (Å²) in [6.07, 6.45) is 0.803. The van der Waals surface area contributed by atoms with Crippen LogP contribution >= 0.6 is 0 Å². The average molecular weight is 423 g/mol. The van der Waals surface area contributed by atoms with Crippen LogP contribution < -0.4 is 14.4 Å². The lowest BCUT2D eigenvalue weighted by Crippen LogP contribution is -2.35. The molecule has 0 spiro atoms. The van der Waals surface area contributed by atoms with Crippen molar-refractivity contribution >= 4 is 27.3 Å². The summed E-state index contributed by atoms with van der Waals surface area (Å²) in [5.41, 5.74) is 2.83. The zero-order valence-electron chi connectivity index (χ0n) is 16.7. The van der Waals surface area contributed by atoms with Crippen LogP contribution in [0.5, 0.6) is 5.75 Å². The first-order valence-corrected chi connectivity index (χ1v) is 11.1. The number of ether oxygens (including phenoxy) is 1. The highest BCUT2D eigenvalue weighted by Gasteiger charge is 2.31. The fraction of sp³-hybridized carbons (Fsp3) is 0.174. The number of hydrogen-bond donors (Lipinski definition) is 1. The number of methoxy groups -OCH3 is 1. The van der Waals surface area contributed by atoms with Gasteiger partial charge in [-0.15, -0.1) is 0 Å². The molecule has 1 N–H and O–H groups in total. The zero-order chi connectivity index (χ0) is 21.3. The van der Waals surface area contributed by atoms with Crippen molar-refractivity contribution in [2.75, 3.05) is 16.7 Å². The van der Waals surface area contributed by atoms with E-state index < -0.39 is 10.0 Å². The van der Waals surface area contributed by atoms with Crippen LogP contribution in [0.3, 0.4) is 0 Å². The second-order valence-corrected chi connectivity index (χ2v) is 8.87. The summed E-state index contributed by atoms with van der Waals surface area (Å²) in [7, 11) is -2.34. The molecule has 1 heterocycles. The minimum Gasteiger partial charge on any atom is -0.495 e. The molecule has 3 aromatic rings. The van der Waals surface area contributed by atoms with Crippen molar-refractivity contribution in [1.29, 1.82) is 0 Å². The minimum atomic E-state index is -3.82. The third kappa shape index (κ3) is 3.64. The molecule has 1 aliphatic rings. The summed E-state index contributed by atoms with van der Waals surface area (Å²) >= 11 is 0. The highest BCUT2D eigenvalue weighted by Crippen LogP contribution is 2.33. The summed E-state index contributed by atoms with van der Waals surface area (Å²) in [5, 5.41) is 0. The smallest absolute Gasteiger partial charge is 0.262 e. The van der Waals surface area contributed by atoms with Crippen LogP contribution in [-0.2, 0) is 16.4 Å². The lowest BCUT2D eigenvalue weighted by molar-refractivity contribution is 0.0981. The van der Waals surface area contributed by atoms with E-state index in [0.717, 1.165) is 17.7 Å². The highest BCUT2D eigenvalue weighted by molar-refractivity contribution is 7.92. The van der Waals surface area contributed by atoms with E-state index in [2.05, 4.69) is 4.72 Å². The first kappa shape index (κ1) is 20.0. The molecule has 0 aliphatic carbocycles. The van der Waals surface area contributed by atoms with Crippen LogP contribution in [0.2, 0.25) is 0 Å². The Hall–Kier alpha value is -3.32. The van der Waals surface area contributed by atoms with Crippen LogP contribution in [0.15, 0.2) is 77.7 Å². The van der Waals surface area contributed by atoms with Crippen molar-refractivity contribution in [3.8, 4) is 5.75 Å². The molecule has 1 unspecified atom stereocenters. The van der Waals surface area contributed by atoms with Crippen molar-refractivity contribution in [2.45, 2.75) is 24.3 Å². The standard InChI is InChI=1S/C23H22N2O4S/c1-16-15-18-7-3-5-9-21(18)25(16)23(26)17-11-13-19(14-12-17)30(27,28)24-20-8-4-6-10-22(20)29-2/h3-14,16,24H,15H2,1-2H3. The predicted octanol–water partition coefficient (Wildman–Crippen LogP) is 4.09. The van der Waals surface area contributed by atoms with Crippen LogP contribution in [0.25, 0.3) is 0 Å². The van der Waals surface area contributed by atoms with E-state index in [0.29, 0.717) is 17.0 Å². The summed E-state index contributed by atoms with van der Waals surface area (Å²) in [4.78, 5) is 14.9. The van der Waals surface area contributed by atoms with Gasteiger partial charge in [0.05, 0.1) is 17.7 Å². The first-order valence-electron chi connectivity index (χ1n) is 9.58. The fourth-order valence-electron chi connectivity index (χ4n) is 3.72. The molecule has 1 amide bonds. The molecule has 6 nitrogen and oxygen atoms in total. The fourth-order valence-corrected chi connectivity index (χ4v) is 4.79. The lowest BCUT2D eigenvalue weighted by atomic mass is 10.1. The second-order valence-electron chi connectivity index (χ2n) is 7.19. The van der Waals surface area contributed by atoms with Gasteiger partial charge in [-0.2, -0.15) is 0 Å². The van der Waals surface area contributed by atoms with Crippen molar-refractivity contribution < 1.29 is 17.9 Å². The van der Waals surface area contributed by atoms with Gasteiger partial charge >= 0.3 is 0 Å². The molecule has 3 aromatic carbocycles. The van der Waals surface area contributed by atoms with Gasteiger partial charge in [0.15, 0.2) is 0 Å². The predicted molar refractivity (Wildman–Crippen MR) is 117 cm³/mol. The van der Waals surface area contributed by atoms with Gasteiger partial charge in [-0.05, 0) is 61.4 Å². The zero-order valence-corrected chi connectivity index (χ0v) is 17.5. The number of fused-ring (bicyclic) bond motifs is 1. The summed E-state index contributed by atoms with van der Waals surface area (Å²) < 4.78 is 33.2. The monoisotopic (exact) mass is 422 g/mol. The number of rotatable bonds is 5. The number of carbonyl (C=O) groups excluding carboxylic acids is 1. The quantitative estimate of drug-likeness (QED) is 0.672. The summed E-state index contributed by atoms with van der Waals surface area (Å²) in [6.45, 7) is 2.01. The first-order chi connectivity index (χ1) is 14.4. The SMILES string of the molecule is COc1ccccc1NS(=O)(=O)c1ccc(C(=O)N2c3ccccc3CC2C)cc1. The van der Waals surface area contributed by atoms with Gasteiger partial charge in [0, 0.05) is 17.3 Å². The number of nitrogens with one attached hydrogen (secondary N) is 1. The molecule has 4 rings (SSSR count). The Bertz CT molecular complexity index is 1190. The number of benzene rings is 3. The highest BCUT2D eigenvalue weighted by atomic mass is 32.2. The molecule has 0 radical (unpaired) electrons. The molecule has 1 aliphatic heterocycles. The van der Waals surface area contributed by atoms with Gasteiger partial charge in [-0.25, -0.2) is 8.42 Å². The van der Waals surface area contributed by atoms with E-state index in [-0.39, 0.29) is 16.8 Å². The van der Waals surface area contributed by atoms with Gasteiger partial charge in [0.1, 0.15) is 5.75 Å². The van der Waals surface area contributed by atoms with E-state index in [1.54, 1.807) is 41.3 Å². The number of para-hydroxylation sites is 3. The van der Waals surface area contributed by atoms with E-state index in [1.807, 2.05) is 31.2 Å². The third-order valence-electron chi connectivity index (χ3n) is 5.19. The number of amides is 1. The van der Waals surface area contributed by atoms with Crippen molar-refractivity contribution in [2.24, 2.45) is 0 Å². The van der Waals surface area contributed by atoms with E-state index >= 15 is 0 Å². The van der Waals surface area contributed by atoms with E-state index in [4.69, 9.17) is 4.74 Å². The Kier molecular flexibility index (Phi) is 5.22. The van der Waals surface area contributed by atoms with E-state index in [1.165, 1.54) is 19.2 Å². The molecular weight excluding hydrogens is 400 g/mol. The summed E-state index contributed by atoms with van der Waals surface area (Å²) in [6, 6.07) is 20.6. The largest absolute Gasteiger partial charge is 0.495 e. The summed E-state index contributed by atoms with van der Waals surface area (Å²) in [5.74, 6) is 0.281. The molecule has 0 aromatic heterocycles. The van der Waals surface area contributed by atoms with Crippen molar-refractivity contribution in [3.05, 3.63) is 83.9 Å². The maximum atomic E-state index is 13.1. The van der Waals surface area contributed by atoms with Crippen LogP contribution in [0.4, 0.5) is 11.4 Å². The molecule has 1 atom stereocenters. The average Bonchev–Trinajstić information content (AvgIpc) is 3.09. The van der Waals surface area contributed by atoms with Crippen LogP contribution in [0, 0.1) is 0 Å². The van der Waals surface area contributed by atoms with Crippen LogP contribution in [0.1, 0.15) is 22.8 Å².